The number of amides is 3. The van der Waals surface area contributed by atoms with Crippen LogP contribution in [0.4, 0.5) is 4.79 Å². The average molecular weight is 370 g/mol. The molecular formula is C22H30N2O3. The number of methoxy groups -OCH3 is 1. The molecule has 2 spiro atoms. The Morgan fingerprint density at radius 3 is 2.44 bits per heavy atom. The fraction of sp³-hybridized carbons (Fsp3) is 0.636. The first-order valence-corrected chi connectivity index (χ1v) is 9.98. The van der Waals surface area contributed by atoms with Gasteiger partial charge < -0.3 is 10.1 Å². The molecule has 2 aliphatic carbocycles. The second kappa shape index (κ2) is 6.06. The molecule has 1 aromatic carbocycles. The van der Waals surface area contributed by atoms with Crippen molar-refractivity contribution in [3.8, 4) is 0 Å². The van der Waals surface area contributed by atoms with Gasteiger partial charge in [0.25, 0.3) is 5.91 Å². The number of imide groups is 1. The quantitative estimate of drug-likeness (QED) is 0.784. The van der Waals surface area contributed by atoms with Crippen molar-refractivity contribution >= 4 is 11.9 Å². The molecule has 1 heterocycles. The number of carbonyl (C=O) groups is 2. The summed E-state index contributed by atoms with van der Waals surface area (Å²) in [5.74, 6) is -0.185. The summed E-state index contributed by atoms with van der Waals surface area (Å²) in [6.45, 7) is 6.65. The van der Waals surface area contributed by atoms with Crippen LogP contribution in [-0.4, -0.2) is 25.2 Å². The van der Waals surface area contributed by atoms with Crippen molar-refractivity contribution in [2.24, 2.45) is 10.8 Å². The molecule has 1 saturated heterocycles. The summed E-state index contributed by atoms with van der Waals surface area (Å²) in [5, 5.41) is 5.61. The van der Waals surface area contributed by atoms with Crippen LogP contribution < -0.4 is 10.6 Å². The molecule has 1 aliphatic heterocycles. The van der Waals surface area contributed by atoms with Crippen molar-refractivity contribution in [2.75, 3.05) is 7.11 Å². The predicted octanol–water partition coefficient (Wildman–Crippen LogP) is 3.44. The maximum atomic E-state index is 13.2. The Kier molecular flexibility index (Phi) is 4.15. The highest BCUT2D eigenvalue weighted by molar-refractivity contribution is 6.08. The second-order valence-corrected chi connectivity index (χ2v) is 9.78. The van der Waals surface area contributed by atoms with Crippen LogP contribution in [0.25, 0.3) is 0 Å². The summed E-state index contributed by atoms with van der Waals surface area (Å²) in [6.07, 6.45) is 5.61. The topological polar surface area (TPSA) is 67.4 Å². The van der Waals surface area contributed by atoms with E-state index in [0.29, 0.717) is 0 Å². The van der Waals surface area contributed by atoms with Crippen LogP contribution in [0.5, 0.6) is 0 Å². The van der Waals surface area contributed by atoms with Gasteiger partial charge in [-0.3, -0.25) is 10.1 Å². The normalized spacial score (nSPS) is 32.7. The molecule has 0 radical (unpaired) electrons. The van der Waals surface area contributed by atoms with Gasteiger partial charge in [-0.2, -0.15) is 0 Å². The van der Waals surface area contributed by atoms with Crippen molar-refractivity contribution in [2.45, 2.75) is 70.9 Å². The van der Waals surface area contributed by atoms with Crippen molar-refractivity contribution < 1.29 is 14.3 Å². The Balaban J connectivity index is 1.80. The highest BCUT2D eigenvalue weighted by Crippen LogP contribution is 2.59. The number of carbonyl (C=O) groups excluding carboxylic acids is 2. The molecular weight excluding hydrogens is 340 g/mol. The third-order valence-corrected chi connectivity index (χ3v) is 6.73. The minimum absolute atomic E-state index is 0.162. The second-order valence-electron chi connectivity index (χ2n) is 9.78. The molecule has 0 aromatic heterocycles. The van der Waals surface area contributed by atoms with Gasteiger partial charge in [-0.15, -0.1) is 0 Å². The van der Waals surface area contributed by atoms with E-state index in [0.717, 1.165) is 44.1 Å². The van der Waals surface area contributed by atoms with Crippen LogP contribution in [0.2, 0.25) is 0 Å². The Labute approximate surface area is 161 Å². The number of hydrogen-bond donors (Lipinski definition) is 2. The lowest BCUT2D eigenvalue weighted by Crippen LogP contribution is -2.56. The van der Waals surface area contributed by atoms with E-state index in [1.807, 2.05) is 0 Å². The van der Waals surface area contributed by atoms with E-state index in [1.54, 1.807) is 7.11 Å². The zero-order valence-corrected chi connectivity index (χ0v) is 16.8. The van der Waals surface area contributed by atoms with E-state index in [2.05, 4.69) is 49.6 Å². The van der Waals surface area contributed by atoms with Gasteiger partial charge in [0, 0.05) is 12.5 Å². The molecule has 5 nitrogen and oxygen atoms in total. The number of ether oxygens (including phenoxy) is 1. The molecule has 1 aromatic rings. The molecule has 3 amide bonds. The smallest absolute Gasteiger partial charge is 0.322 e. The van der Waals surface area contributed by atoms with Crippen LogP contribution in [0.3, 0.4) is 0 Å². The number of nitrogens with one attached hydrogen (secondary N) is 2. The lowest BCUT2D eigenvalue weighted by Gasteiger charge is -2.46. The van der Waals surface area contributed by atoms with Crippen molar-refractivity contribution in [3.63, 3.8) is 0 Å². The Morgan fingerprint density at radius 1 is 1.19 bits per heavy atom. The average Bonchev–Trinajstić information content (AvgIpc) is 3.03. The minimum Gasteiger partial charge on any atom is -0.381 e. The van der Waals surface area contributed by atoms with Crippen molar-refractivity contribution in [3.05, 3.63) is 34.9 Å². The van der Waals surface area contributed by atoms with E-state index >= 15 is 0 Å². The number of fused-ring (bicyclic) bond motifs is 3. The first kappa shape index (κ1) is 18.5. The molecule has 1 unspecified atom stereocenters. The predicted molar refractivity (Wildman–Crippen MR) is 103 cm³/mol. The molecule has 4 rings (SSSR count). The summed E-state index contributed by atoms with van der Waals surface area (Å²) >= 11 is 0. The van der Waals surface area contributed by atoms with E-state index in [9.17, 15) is 9.59 Å². The van der Waals surface area contributed by atoms with Gasteiger partial charge >= 0.3 is 6.03 Å². The number of urea groups is 1. The molecule has 1 saturated carbocycles. The number of hydrogen-bond acceptors (Lipinski definition) is 3. The summed E-state index contributed by atoms with van der Waals surface area (Å²) in [5.41, 5.74) is 2.38. The largest absolute Gasteiger partial charge is 0.381 e. The van der Waals surface area contributed by atoms with Gasteiger partial charge in [0.05, 0.1) is 6.10 Å². The van der Waals surface area contributed by atoms with Crippen LogP contribution in [-0.2, 0) is 27.9 Å². The lowest BCUT2D eigenvalue weighted by atomic mass is 9.61. The van der Waals surface area contributed by atoms with E-state index in [-0.39, 0.29) is 28.9 Å². The minimum atomic E-state index is -0.938. The summed E-state index contributed by atoms with van der Waals surface area (Å²) in [4.78, 5) is 25.4. The molecule has 1 atom stereocenters. The third kappa shape index (κ3) is 2.78. The third-order valence-electron chi connectivity index (χ3n) is 6.73. The maximum absolute atomic E-state index is 13.2. The first-order valence-electron chi connectivity index (χ1n) is 9.98. The van der Waals surface area contributed by atoms with Gasteiger partial charge in [-0.25, -0.2) is 4.79 Å². The summed E-state index contributed by atoms with van der Waals surface area (Å²) in [7, 11) is 1.75. The molecule has 27 heavy (non-hydrogen) atoms. The standard InChI is InChI=1S/C22H30N2O3/c1-20(2,3)12-14-5-6-15-13-21(9-7-16(27-4)8-10-21)22(17(15)11-14)18(25)23-19(26)24-22/h5-6,11,16H,7-10,12-13H2,1-4H3,(H2,23,24,25,26)/t16-,21-,22?. The first-order chi connectivity index (χ1) is 12.7. The zero-order valence-electron chi connectivity index (χ0n) is 16.8. The highest BCUT2D eigenvalue weighted by atomic mass is 16.5. The Morgan fingerprint density at radius 2 is 1.89 bits per heavy atom. The van der Waals surface area contributed by atoms with Gasteiger partial charge in [0.2, 0.25) is 0 Å². The van der Waals surface area contributed by atoms with Gasteiger partial charge in [-0.1, -0.05) is 39.0 Å². The summed E-state index contributed by atoms with van der Waals surface area (Å²) in [6, 6.07) is 6.16. The SMILES string of the molecule is CO[C@H]1CC[C@]2(CC1)Cc1ccc(CC(C)(C)C)cc1C21NC(=O)NC1=O. The highest BCUT2D eigenvalue weighted by Gasteiger charge is 2.66. The molecule has 3 aliphatic rings. The molecule has 2 N–H and O–H groups in total. The van der Waals surface area contributed by atoms with E-state index < -0.39 is 5.54 Å². The van der Waals surface area contributed by atoms with Crippen LogP contribution >= 0.6 is 0 Å². The van der Waals surface area contributed by atoms with E-state index in [1.165, 1.54) is 11.1 Å². The summed E-state index contributed by atoms with van der Waals surface area (Å²) < 4.78 is 5.56. The molecule has 0 bridgehead atoms. The van der Waals surface area contributed by atoms with Crippen molar-refractivity contribution in [1.29, 1.82) is 0 Å². The Bertz CT molecular complexity index is 787. The molecule has 2 fully saturated rings. The van der Waals surface area contributed by atoms with Gasteiger partial charge in [0.15, 0.2) is 5.54 Å². The zero-order chi connectivity index (χ0) is 19.4. The fourth-order valence-electron chi connectivity index (χ4n) is 5.58. The maximum Gasteiger partial charge on any atom is 0.322 e. The van der Waals surface area contributed by atoms with E-state index in [4.69, 9.17) is 4.74 Å². The lowest BCUT2D eigenvalue weighted by molar-refractivity contribution is -0.131. The fourth-order valence-corrected chi connectivity index (χ4v) is 5.58. The monoisotopic (exact) mass is 370 g/mol. The Hall–Kier alpha value is -1.88. The van der Waals surface area contributed by atoms with Gasteiger partial charge in [0.1, 0.15) is 0 Å². The molecule has 5 heteroatoms. The number of benzene rings is 1. The van der Waals surface area contributed by atoms with Gasteiger partial charge in [-0.05, 0) is 60.6 Å². The molecule has 146 valence electrons. The van der Waals surface area contributed by atoms with Crippen molar-refractivity contribution in [1.82, 2.24) is 10.6 Å². The van der Waals surface area contributed by atoms with Crippen LogP contribution in [0.15, 0.2) is 18.2 Å². The van der Waals surface area contributed by atoms with Crippen LogP contribution in [0, 0.1) is 10.8 Å². The number of rotatable bonds is 2. The van der Waals surface area contributed by atoms with Crippen LogP contribution in [0.1, 0.15) is 63.1 Å².